The minimum atomic E-state index is -3.66. The molecule has 0 fully saturated rings. The van der Waals surface area contributed by atoms with Gasteiger partial charge < -0.3 is 9.30 Å². The molecule has 1 heterocycles. The van der Waals surface area contributed by atoms with Crippen LogP contribution in [0.4, 0.5) is 5.69 Å². The smallest absolute Gasteiger partial charge is 0.261 e. The molecule has 0 aliphatic heterocycles. The quantitative estimate of drug-likeness (QED) is 0.771. The molecule has 6 heteroatoms. The first-order chi connectivity index (χ1) is 11.5. The van der Waals surface area contributed by atoms with Gasteiger partial charge in [0.25, 0.3) is 10.0 Å². The molecule has 0 aliphatic rings. The van der Waals surface area contributed by atoms with Crippen molar-refractivity contribution in [2.45, 2.75) is 11.8 Å². The molecule has 124 valence electrons. The van der Waals surface area contributed by atoms with Gasteiger partial charge in [-0.15, -0.1) is 0 Å². The van der Waals surface area contributed by atoms with E-state index in [0.29, 0.717) is 11.4 Å². The highest BCUT2D eigenvalue weighted by molar-refractivity contribution is 7.92. The van der Waals surface area contributed by atoms with Crippen molar-refractivity contribution in [2.24, 2.45) is 0 Å². The summed E-state index contributed by atoms with van der Waals surface area (Å²) in [4.78, 5) is 0.187. The highest BCUT2D eigenvalue weighted by atomic mass is 32.2. The molecule has 0 aliphatic carbocycles. The van der Waals surface area contributed by atoms with Crippen LogP contribution in [0.3, 0.4) is 0 Å². The number of hydrogen-bond acceptors (Lipinski definition) is 3. The predicted molar refractivity (Wildman–Crippen MR) is 94.3 cm³/mol. The third-order valence-corrected chi connectivity index (χ3v) is 4.98. The fraction of sp³-hybridized carbons (Fsp3) is 0.111. The van der Waals surface area contributed by atoms with Crippen LogP contribution in [0, 0.1) is 6.92 Å². The molecule has 0 amide bonds. The number of methoxy groups -OCH3 is 1. The van der Waals surface area contributed by atoms with Gasteiger partial charge >= 0.3 is 0 Å². The van der Waals surface area contributed by atoms with Crippen LogP contribution in [0.15, 0.2) is 71.9 Å². The average Bonchev–Trinajstić information content (AvgIpc) is 3.08. The van der Waals surface area contributed by atoms with Gasteiger partial charge in [-0.2, -0.15) is 0 Å². The summed E-state index contributed by atoms with van der Waals surface area (Å²) in [6, 6.07) is 15.7. The first-order valence-corrected chi connectivity index (χ1v) is 8.88. The molecule has 0 spiro atoms. The van der Waals surface area contributed by atoms with Gasteiger partial charge in [-0.25, -0.2) is 8.42 Å². The molecule has 0 saturated carbocycles. The summed E-state index contributed by atoms with van der Waals surface area (Å²) in [6.45, 7) is 1.93. The van der Waals surface area contributed by atoms with Crippen LogP contribution in [0.1, 0.15) is 5.56 Å². The molecule has 0 bridgehead atoms. The third-order valence-electron chi connectivity index (χ3n) is 3.59. The van der Waals surface area contributed by atoms with Gasteiger partial charge in [0.1, 0.15) is 5.75 Å². The van der Waals surface area contributed by atoms with Gasteiger partial charge in [-0.3, -0.25) is 4.72 Å². The lowest BCUT2D eigenvalue weighted by molar-refractivity contribution is 0.414. The van der Waals surface area contributed by atoms with Crippen molar-refractivity contribution in [3.8, 4) is 11.4 Å². The Kier molecular flexibility index (Phi) is 4.31. The topological polar surface area (TPSA) is 60.3 Å². The number of nitrogens with zero attached hydrogens (tertiary/aromatic N) is 1. The van der Waals surface area contributed by atoms with Gasteiger partial charge in [-0.1, -0.05) is 0 Å². The van der Waals surface area contributed by atoms with E-state index in [1.807, 2.05) is 42.1 Å². The lowest BCUT2D eigenvalue weighted by Gasteiger charge is -2.12. The van der Waals surface area contributed by atoms with Crippen LogP contribution in [-0.4, -0.2) is 20.1 Å². The number of anilines is 1. The number of sulfonamides is 1. The van der Waals surface area contributed by atoms with Crippen molar-refractivity contribution in [2.75, 3.05) is 11.8 Å². The fourth-order valence-corrected chi connectivity index (χ4v) is 3.49. The maximum atomic E-state index is 12.6. The zero-order chi connectivity index (χ0) is 17.2. The Morgan fingerprint density at radius 2 is 1.67 bits per heavy atom. The summed E-state index contributed by atoms with van der Waals surface area (Å²) in [6.07, 6.45) is 3.83. The summed E-state index contributed by atoms with van der Waals surface area (Å²) < 4.78 is 34.7. The first-order valence-electron chi connectivity index (χ1n) is 7.40. The zero-order valence-electron chi connectivity index (χ0n) is 13.4. The molecule has 3 aromatic rings. The van der Waals surface area contributed by atoms with Gasteiger partial charge in [-0.05, 0) is 67.1 Å². The van der Waals surface area contributed by atoms with Crippen molar-refractivity contribution in [3.05, 3.63) is 72.6 Å². The highest BCUT2D eigenvalue weighted by Gasteiger charge is 2.15. The normalized spacial score (nSPS) is 11.2. The lowest BCUT2D eigenvalue weighted by atomic mass is 10.2. The number of hydrogen-bond donors (Lipinski definition) is 1. The number of aromatic nitrogens is 1. The second-order valence-electron chi connectivity index (χ2n) is 5.43. The fourth-order valence-electron chi connectivity index (χ4n) is 2.45. The van der Waals surface area contributed by atoms with Gasteiger partial charge in [0.15, 0.2) is 0 Å². The maximum Gasteiger partial charge on any atom is 0.261 e. The Morgan fingerprint density at radius 3 is 2.29 bits per heavy atom. The molecule has 0 radical (unpaired) electrons. The van der Waals surface area contributed by atoms with Crippen LogP contribution in [0.2, 0.25) is 0 Å². The summed E-state index contributed by atoms with van der Waals surface area (Å²) in [5, 5.41) is 0. The number of benzene rings is 2. The molecule has 5 nitrogen and oxygen atoms in total. The highest BCUT2D eigenvalue weighted by Crippen LogP contribution is 2.22. The largest absolute Gasteiger partial charge is 0.497 e. The zero-order valence-corrected chi connectivity index (χ0v) is 14.2. The maximum absolute atomic E-state index is 12.6. The number of rotatable bonds is 5. The van der Waals surface area contributed by atoms with Gasteiger partial charge in [0.05, 0.1) is 17.7 Å². The van der Waals surface area contributed by atoms with E-state index >= 15 is 0 Å². The number of nitrogens with one attached hydrogen (secondary N) is 1. The van der Waals surface area contributed by atoms with E-state index in [4.69, 9.17) is 4.74 Å². The Morgan fingerprint density at radius 1 is 1.00 bits per heavy atom. The van der Waals surface area contributed by atoms with Crippen molar-refractivity contribution < 1.29 is 13.2 Å². The van der Waals surface area contributed by atoms with Crippen molar-refractivity contribution >= 4 is 15.7 Å². The molecule has 24 heavy (non-hydrogen) atoms. The minimum Gasteiger partial charge on any atom is -0.497 e. The number of ether oxygens (including phenoxy) is 1. The van der Waals surface area contributed by atoms with Crippen molar-refractivity contribution in [1.82, 2.24) is 4.57 Å². The van der Waals surface area contributed by atoms with Crippen molar-refractivity contribution in [1.29, 1.82) is 0 Å². The van der Waals surface area contributed by atoms with Gasteiger partial charge in [0.2, 0.25) is 0 Å². The Labute approximate surface area is 141 Å². The van der Waals surface area contributed by atoms with Crippen LogP contribution in [-0.2, 0) is 10.0 Å². The lowest BCUT2D eigenvalue weighted by Crippen LogP contribution is -2.13. The standard InChI is InChI=1S/C18H18N2O3S/c1-14-11-15(13-16(12-14)20-9-3-4-10-20)19-24(21,22)18-7-5-17(23-2)6-8-18/h3-13,19H,1-2H3. The second kappa shape index (κ2) is 6.41. The minimum absolute atomic E-state index is 0.187. The summed E-state index contributed by atoms with van der Waals surface area (Å²) in [5.74, 6) is 0.611. The molecule has 1 aromatic heterocycles. The first kappa shape index (κ1) is 16.1. The Hall–Kier alpha value is -2.73. The number of aryl methyl sites for hydroxylation is 1. The van der Waals surface area contributed by atoms with Crippen LogP contribution >= 0.6 is 0 Å². The molecular formula is C18H18N2O3S. The molecular weight excluding hydrogens is 324 g/mol. The summed E-state index contributed by atoms with van der Waals surface area (Å²) in [7, 11) is -2.12. The summed E-state index contributed by atoms with van der Waals surface area (Å²) >= 11 is 0. The summed E-state index contributed by atoms with van der Waals surface area (Å²) in [5.41, 5.74) is 2.38. The van der Waals surface area contributed by atoms with Gasteiger partial charge in [0, 0.05) is 18.1 Å². The van der Waals surface area contributed by atoms with E-state index in [1.165, 1.54) is 19.2 Å². The molecule has 0 atom stereocenters. The predicted octanol–water partition coefficient (Wildman–Crippen LogP) is 3.60. The Balaban J connectivity index is 1.92. The van der Waals surface area contributed by atoms with Crippen LogP contribution in [0.25, 0.3) is 5.69 Å². The SMILES string of the molecule is COc1ccc(S(=O)(=O)Nc2cc(C)cc(-n3cccc3)c2)cc1. The van der Waals surface area contributed by atoms with Crippen LogP contribution < -0.4 is 9.46 Å². The molecule has 0 unspecified atom stereocenters. The second-order valence-corrected chi connectivity index (χ2v) is 7.11. The van der Waals surface area contributed by atoms with E-state index in [9.17, 15) is 8.42 Å². The van der Waals surface area contributed by atoms with Crippen molar-refractivity contribution in [3.63, 3.8) is 0 Å². The average molecular weight is 342 g/mol. The molecule has 2 aromatic carbocycles. The molecule has 3 rings (SSSR count). The monoisotopic (exact) mass is 342 g/mol. The Bertz CT molecular complexity index is 931. The molecule has 1 N–H and O–H groups in total. The van der Waals surface area contributed by atoms with E-state index in [-0.39, 0.29) is 4.90 Å². The third kappa shape index (κ3) is 3.44. The molecule has 0 saturated heterocycles. The van der Waals surface area contributed by atoms with Crippen LogP contribution in [0.5, 0.6) is 5.75 Å². The van der Waals surface area contributed by atoms with E-state index in [0.717, 1.165) is 11.3 Å². The van der Waals surface area contributed by atoms with E-state index in [1.54, 1.807) is 24.3 Å². The van der Waals surface area contributed by atoms with E-state index in [2.05, 4.69) is 4.72 Å². The van der Waals surface area contributed by atoms with E-state index < -0.39 is 10.0 Å².